The fourth-order valence-corrected chi connectivity index (χ4v) is 5.89. The van der Waals surface area contributed by atoms with Crippen LogP contribution >= 0.6 is 23.2 Å². The number of carbonyl (C=O) groups excluding carboxylic acids is 2. The highest BCUT2D eigenvalue weighted by Gasteiger charge is 2.35. The second kappa shape index (κ2) is 8.27. The zero-order valence-corrected chi connectivity index (χ0v) is 18.8. The summed E-state index contributed by atoms with van der Waals surface area (Å²) in [4.78, 5) is 28.3. The Bertz CT molecular complexity index is 1160. The highest BCUT2D eigenvalue weighted by molar-refractivity contribution is 7.89. The number of hydrogen-bond donors (Lipinski definition) is 0. The molecule has 31 heavy (non-hydrogen) atoms. The summed E-state index contributed by atoms with van der Waals surface area (Å²) < 4.78 is 27.2. The average Bonchev–Trinajstić information content (AvgIpc) is 3.00. The summed E-state index contributed by atoms with van der Waals surface area (Å²) in [6, 6.07) is 11.4. The van der Waals surface area contributed by atoms with E-state index < -0.39 is 10.0 Å². The number of sulfonamides is 1. The van der Waals surface area contributed by atoms with Crippen molar-refractivity contribution in [3.05, 3.63) is 70.2 Å². The van der Waals surface area contributed by atoms with E-state index in [9.17, 15) is 18.0 Å². The summed E-state index contributed by atoms with van der Waals surface area (Å²) in [6.45, 7) is 4.45. The third-order valence-electron chi connectivity index (χ3n) is 5.44. The molecular formula is C21H19Cl2N3O4S. The highest BCUT2D eigenvalue weighted by atomic mass is 35.5. The van der Waals surface area contributed by atoms with Crippen molar-refractivity contribution in [1.29, 1.82) is 0 Å². The molecule has 10 heteroatoms. The van der Waals surface area contributed by atoms with Crippen molar-refractivity contribution in [2.24, 2.45) is 0 Å². The van der Waals surface area contributed by atoms with Crippen molar-refractivity contribution in [3.8, 4) is 0 Å². The molecule has 4 rings (SSSR count). The Hall–Kier alpha value is -2.39. The summed E-state index contributed by atoms with van der Waals surface area (Å²) in [5, 5.41) is 0.363. The molecule has 2 aliphatic heterocycles. The molecule has 0 unspecified atom stereocenters. The summed E-state index contributed by atoms with van der Waals surface area (Å²) in [6.07, 6.45) is 0. The van der Waals surface area contributed by atoms with Gasteiger partial charge in [0.15, 0.2) is 0 Å². The first-order valence-corrected chi connectivity index (χ1v) is 11.7. The number of carbonyl (C=O) groups is 2. The summed E-state index contributed by atoms with van der Waals surface area (Å²) in [5.41, 5.74) is 1.73. The number of fused-ring (bicyclic) bond motifs is 1. The van der Waals surface area contributed by atoms with Crippen LogP contribution in [0.15, 0.2) is 53.9 Å². The Balaban J connectivity index is 1.41. The second-order valence-corrected chi connectivity index (χ2v) is 9.99. The van der Waals surface area contributed by atoms with E-state index in [1.807, 2.05) is 6.07 Å². The van der Waals surface area contributed by atoms with Gasteiger partial charge in [0.2, 0.25) is 15.9 Å². The van der Waals surface area contributed by atoms with Gasteiger partial charge in [-0.15, -0.1) is 0 Å². The first-order chi connectivity index (χ1) is 14.7. The van der Waals surface area contributed by atoms with Gasteiger partial charge >= 0.3 is 0 Å². The van der Waals surface area contributed by atoms with Crippen molar-refractivity contribution < 1.29 is 18.0 Å². The molecular weight excluding hydrogens is 461 g/mol. The normalized spacial score (nSPS) is 17.2. The molecule has 0 atom stereocenters. The Labute approximate surface area is 190 Å². The summed E-state index contributed by atoms with van der Waals surface area (Å²) in [5.74, 6) is -0.522. The largest absolute Gasteiger partial charge is 0.338 e. The zero-order valence-electron chi connectivity index (χ0n) is 16.4. The van der Waals surface area contributed by atoms with E-state index in [1.165, 1.54) is 27.4 Å². The van der Waals surface area contributed by atoms with Crippen LogP contribution in [-0.2, 0) is 14.8 Å². The molecule has 1 saturated heterocycles. The predicted octanol–water partition coefficient (Wildman–Crippen LogP) is 2.95. The first-order valence-electron chi connectivity index (χ1n) is 9.53. The van der Waals surface area contributed by atoms with Crippen LogP contribution in [-0.4, -0.2) is 67.1 Å². The molecule has 2 amide bonds. The Morgan fingerprint density at radius 3 is 2.29 bits per heavy atom. The fraction of sp³-hybridized carbons (Fsp3) is 0.238. The molecule has 162 valence electrons. The lowest BCUT2D eigenvalue weighted by molar-refractivity contribution is -0.132. The second-order valence-electron chi connectivity index (χ2n) is 7.24. The standard InChI is InChI=1S/C21H19Cl2N3O4S/c1-14-16-4-2-3-5-17(16)21(28)26(14)13-20(27)24-8-10-25(11-9-24)31(29,30)19-12-15(22)6-7-18(19)23/h2-7,12H,1,8-11,13H2. The molecule has 0 bridgehead atoms. The van der Waals surface area contributed by atoms with Gasteiger partial charge in [-0.25, -0.2) is 8.42 Å². The summed E-state index contributed by atoms with van der Waals surface area (Å²) >= 11 is 12.0. The molecule has 0 saturated carbocycles. The molecule has 0 aromatic heterocycles. The minimum atomic E-state index is -3.84. The Morgan fingerprint density at radius 2 is 1.65 bits per heavy atom. The van der Waals surface area contributed by atoms with Gasteiger partial charge in [0.1, 0.15) is 11.4 Å². The van der Waals surface area contributed by atoms with Crippen LogP contribution in [0.4, 0.5) is 0 Å². The van der Waals surface area contributed by atoms with Crippen molar-refractivity contribution >= 4 is 50.7 Å². The number of nitrogens with zero attached hydrogens (tertiary/aromatic N) is 3. The van der Waals surface area contributed by atoms with Crippen LogP contribution in [0.25, 0.3) is 5.70 Å². The minimum Gasteiger partial charge on any atom is -0.338 e. The monoisotopic (exact) mass is 479 g/mol. The van der Waals surface area contributed by atoms with E-state index >= 15 is 0 Å². The van der Waals surface area contributed by atoms with Crippen LogP contribution in [0.2, 0.25) is 10.0 Å². The lowest BCUT2D eigenvalue weighted by atomic mass is 10.1. The molecule has 2 heterocycles. The first kappa shape index (κ1) is 21.8. The molecule has 1 fully saturated rings. The SMILES string of the molecule is C=C1c2ccccc2C(=O)N1CC(=O)N1CCN(S(=O)(=O)c2cc(Cl)ccc2Cl)CC1. The Morgan fingerprint density at radius 1 is 1.00 bits per heavy atom. The minimum absolute atomic E-state index is 0.0572. The van der Waals surface area contributed by atoms with Crippen molar-refractivity contribution in [3.63, 3.8) is 0 Å². The van der Waals surface area contributed by atoms with Gasteiger partial charge in [0, 0.05) is 48.0 Å². The third-order valence-corrected chi connectivity index (χ3v) is 8.05. The van der Waals surface area contributed by atoms with E-state index in [0.29, 0.717) is 11.3 Å². The smallest absolute Gasteiger partial charge is 0.259 e. The lowest BCUT2D eigenvalue weighted by Crippen LogP contribution is -2.52. The van der Waals surface area contributed by atoms with Gasteiger partial charge < -0.3 is 4.90 Å². The quantitative estimate of drug-likeness (QED) is 0.675. The van der Waals surface area contributed by atoms with E-state index in [0.717, 1.165) is 5.56 Å². The van der Waals surface area contributed by atoms with Crippen LogP contribution in [0.3, 0.4) is 0 Å². The molecule has 0 N–H and O–H groups in total. The van der Waals surface area contributed by atoms with Crippen molar-refractivity contribution in [1.82, 2.24) is 14.1 Å². The molecule has 2 aromatic carbocycles. The van der Waals surface area contributed by atoms with Crippen LogP contribution in [0.5, 0.6) is 0 Å². The molecule has 0 spiro atoms. The van der Waals surface area contributed by atoms with Crippen molar-refractivity contribution in [2.45, 2.75) is 4.90 Å². The number of benzene rings is 2. The Kier molecular flexibility index (Phi) is 5.83. The molecule has 0 aliphatic carbocycles. The van der Waals surface area contributed by atoms with Gasteiger partial charge in [0.25, 0.3) is 5.91 Å². The fourth-order valence-electron chi connectivity index (χ4n) is 3.73. The van der Waals surface area contributed by atoms with Crippen molar-refractivity contribution in [2.75, 3.05) is 32.7 Å². The maximum Gasteiger partial charge on any atom is 0.259 e. The maximum atomic E-state index is 12.9. The summed E-state index contributed by atoms with van der Waals surface area (Å²) in [7, 11) is -3.84. The van der Waals surface area contributed by atoms with Crippen LogP contribution < -0.4 is 0 Å². The van der Waals surface area contributed by atoms with Gasteiger partial charge in [-0.2, -0.15) is 4.31 Å². The molecule has 2 aromatic rings. The van der Waals surface area contributed by atoms with Gasteiger partial charge in [-0.3, -0.25) is 14.5 Å². The lowest BCUT2D eigenvalue weighted by Gasteiger charge is -2.35. The van der Waals surface area contributed by atoms with Crippen LogP contribution in [0.1, 0.15) is 15.9 Å². The average molecular weight is 480 g/mol. The van der Waals surface area contributed by atoms with E-state index in [1.54, 1.807) is 23.1 Å². The number of amides is 2. The van der Waals surface area contributed by atoms with E-state index in [4.69, 9.17) is 23.2 Å². The zero-order chi connectivity index (χ0) is 22.3. The number of rotatable bonds is 4. The number of halogens is 2. The highest BCUT2D eigenvalue weighted by Crippen LogP contribution is 2.31. The van der Waals surface area contributed by atoms with Gasteiger partial charge in [-0.05, 0) is 24.3 Å². The molecule has 2 aliphatic rings. The third kappa shape index (κ3) is 3.96. The molecule has 7 nitrogen and oxygen atoms in total. The molecule has 0 radical (unpaired) electrons. The predicted molar refractivity (Wildman–Crippen MR) is 118 cm³/mol. The topological polar surface area (TPSA) is 78.0 Å². The van der Waals surface area contributed by atoms with Gasteiger partial charge in [0.05, 0.1) is 5.02 Å². The van der Waals surface area contributed by atoms with Gasteiger partial charge in [-0.1, -0.05) is 48.0 Å². The van der Waals surface area contributed by atoms with E-state index in [2.05, 4.69) is 6.58 Å². The number of piperazine rings is 1. The number of hydrogen-bond acceptors (Lipinski definition) is 4. The van der Waals surface area contributed by atoms with E-state index in [-0.39, 0.29) is 59.5 Å². The maximum absolute atomic E-state index is 12.9. The van der Waals surface area contributed by atoms with Crippen LogP contribution in [0, 0.1) is 0 Å².